The zero-order valence-electron chi connectivity index (χ0n) is 33.7. The van der Waals surface area contributed by atoms with Crippen LogP contribution in [-0.2, 0) is 0 Å². The standard InChI is InChI=1S/C15H20F3NO.C15H18F3NO.C14H18F3NO/c2*1-2-8-19-9-6-11(7-10-19)12-4-3-5-13(14(12)16)20-15(17)18;1-2-18-8-6-10(7-9-18)11-4-3-5-12(13(11)15)19-14(16)17/h3-5,11,15H,2,6-10H2,1H3;2-5,11,15H,1,6-10H2;3-5,10,14H,2,6-9H2,1H3. The number of ether oxygens (including phenoxy) is 3. The third-order valence-corrected chi connectivity index (χ3v) is 11.1. The molecule has 3 fully saturated rings. The molecule has 3 heterocycles. The Morgan fingerprint density at radius 1 is 0.542 bits per heavy atom. The average Bonchev–Trinajstić information content (AvgIpc) is 3.21. The van der Waals surface area contributed by atoms with E-state index in [4.69, 9.17) is 0 Å². The molecular weight excluding hydrogens is 789 g/mol. The monoisotopic (exact) mass is 845 g/mol. The number of nitrogens with zero attached hydrogens (tertiary/aromatic N) is 3. The highest BCUT2D eigenvalue weighted by Gasteiger charge is 2.27. The number of likely N-dealkylation sites (tertiary alicyclic amines) is 3. The summed E-state index contributed by atoms with van der Waals surface area (Å²) in [6, 6.07) is 13.4. The van der Waals surface area contributed by atoms with E-state index in [1.54, 1.807) is 36.4 Å². The van der Waals surface area contributed by atoms with Gasteiger partial charge in [0.25, 0.3) is 0 Å². The van der Waals surface area contributed by atoms with Crippen LogP contribution in [0.5, 0.6) is 17.2 Å². The van der Waals surface area contributed by atoms with E-state index in [1.807, 2.05) is 6.08 Å². The highest BCUT2D eigenvalue weighted by molar-refractivity contribution is 5.35. The van der Waals surface area contributed by atoms with Crippen molar-refractivity contribution in [3.05, 3.63) is 101 Å². The van der Waals surface area contributed by atoms with E-state index in [2.05, 4.69) is 49.3 Å². The Bertz CT molecular complexity index is 1700. The molecule has 3 aliphatic heterocycles. The molecule has 15 heteroatoms. The minimum Gasteiger partial charge on any atom is -0.432 e. The zero-order chi connectivity index (χ0) is 42.9. The molecule has 6 nitrogen and oxygen atoms in total. The lowest BCUT2D eigenvalue weighted by molar-refractivity contribution is -0.0529. The van der Waals surface area contributed by atoms with Gasteiger partial charge in [-0.25, -0.2) is 13.2 Å². The van der Waals surface area contributed by atoms with Gasteiger partial charge in [0.15, 0.2) is 34.7 Å². The Morgan fingerprint density at radius 3 is 1.15 bits per heavy atom. The molecule has 0 bridgehead atoms. The van der Waals surface area contributed by atoms with Crippen molar-refractivity contribution in [1.29, 1.82) is 0 Å². The summed E-state index contributed by atoms with van der Waals surface area (Å²) in [5.74, 6) is -2.79. The van der Waals surface area contributed by atoms with Crippen molar-refractivity contribution < 1.29 is 53.7 Å². The van der Waals surface area contributed by atoms with E-state index >= 15 is 0 Å². The first-order chi connectivity index (χ1) is 28.3. The summed E-state index contributed by atoms with van der Waals surface area (Å²) >= 11 is 0. The lowest BCUT2D eigenvalue weighted by Gasteiger charge is -2.32. The maximum atomic E-state index is 14.2. The fourth-order valence-corrected chi connectivity index (χ4v) is 8.04. The molecule has 3 saturated heterocycles. The van der Waals surface area contributed by atoms with Crippen LogP contribution in [-0.4, -0.2) is 93.4 Å². The van der Waals surface area contributed by atoms with Gasteiger partial charge >= 0.3 is 19.8 Å². The molecule has 0 atom stereocenters. The largest absolute Gasteiger partial charge is 0.432 e. The normalized spacial score (nSPS) is 17.7. The zero-order valence-corrected chi connectivity index (χ0v) is 33.7. The number of hydrogen-bond donors (Lipinski definition) is 0. The number of hydrogen-bond acceptors (Lipinski definition) is 6. The van der Waals surface area contributed by atoms with Gasteiger partial charge in [0.1, 0.15) is 0 Å². The van der Waals surface area contributed by atoms with Gasteiger partial charge in [0, 0.05) is 6.54 Å². The summed E-state index contributed by atoms with van der Waals surface area (Å²) in [4.78, 5) is 6.89. The molecule has 0 spiro atoms. The van der Waals surface area contributed by atoms with Crippen molar-refractivity contribution >= 4 is 0 Å². The average molecular weight is 846 g/mol. The summed E-state index contributed by atoms with van der Waals surface area (Å²) in [5.41, 5.74) is 1.47. The molecule has 0 amide bonds. The highest BCUT2D eigenvalue weighted by atomic mass is 19.3. The topological polar surface area (TPSA) is 37.4 Å². The Kier molecular flexibility index (Phi) is 19.7. The first kappa shape index (κ1) is 47.7. The van der Waals surface area contributed by atoms with Crippen molar-refractivity contribution in [2.45, 2.75) is 96.4 Å². The molecule has 3 aromatic carbocycles. The van der Waals surface area contributed by atoms with E-state index < -0.39 is 37.3 Å². The van der Waals surface area contributed by atoms with Gasteiger partial charge < -0.3 is 24.0 Å². The van der Waals surface area contributed by atoms with Crippen LogP contribution < -0.4 is 14.2 Å². The molecule has 6 rings (SSSR count). The quantitative estimate of drug-likeness (QED) is 0.119. The molecule has 3 aliphatic rings. The van der Waals surface area contributed by atoms with Gasteiger partial charge in [-0.2, -0.15) is 26.3 Å². The second-order valence-electron chi connectivity index (χ2n) is 14.8. The van der Waals surface area contributed by atoms with Crippen molar-refractivity contribution in [2.75, 3.05) is 58.9 Å². The number of halogens is 9. The van der Waals surface area contributed by atoms with Crippen LogP contribution >= 0.6 is 0 Å². The molecule has 0 aliphatic carbocycles. The third-order valence-electron chi connectivity index (χ3n) is 11.1. The lowest BCUT2D eigenvalue weighted by Crippen LogP contribution is -2.33. The first-order valence-corrected chi connectivity index (χ1v) is 20.3. The molecule has 0 radical (unpaired) electrons. The Morgan fingerprint density at radius 2 is 0.864 bits per heavy atom. The van der Waals surface area contributed by atoms with Crippen molar-refractivity contribution in [1.82, 2.24) is 14.7 Å². The summed E-state index contributed by atoms with van der Waals surface area (Å²) in [5, 5.41) is 0. The van der Waals surface area contributed by atoms with Crippen LogP contribution in [0.2, 0.25) is 0 Å². The molecule has 59 heavy (non-hydrogen) atoms. The lowest BCUT2D eigenvalue weighted by atomic mass is 9.89. The number of rotatable bonds is 14. The Balaban J connectivity index is 0.000000196. The van der Waals surface area contributed by atoms with Crippen molar-refractivity contribution in [3.63, 3.8) is 0 Å². The highest BCUT2D eigenvalue weighted by Crippen LogP contribution is 2.36. The minimum absolute atomic E-state index is 0.0530. The van der Waals surface area contributed by atoms with Crippen LogP contribution in [0.15, 0.2) is 67.3 Å². The summed E-state index contributed by atoms with van der Waals surface area (Å²) in [6.45, 7) is 7.21. The molecule has 0 aromatic heterocycles. The third kappa shape index (κ3) is 14.6. The van der Waals surface area contributed by atoms with Gasteiger partial charge in [0.2, 0.25) is 0 Å². The summed E-state index contributed by atoms with van der Waals surface area (Å²) < 4.78 is 128. The van der Waals surface area contributed by atoms with E-state index in [1.165, 1.54) is 18.2 Å². The molecular formula is C44H56F9N3O3. The summed E-state index contributed by atoms with van der Waals surface area (Å²) in [6.07, 6.45) is 7.98. The van der Waals surface area contributed by atoms with Crippen LogP contribution in [0.4, 0.5) is 39.5 Å². The van der Waals surface area contributed by atoms with Gasteiger partial charge in [-0.05, 0) is 150 Å². The second kappa shape index (κ2) is 24.3. The van der Waals surface area contributed by atoms with Gasteiger partial charge in [0.05, 0.1) is 0 Å². The molecule has 0 unspecified atom stereocenters. The van der Waals surface area contributed by atoms with Crippen LogP contribution in [0.3, 0.4) is 0 Å². The van der Waals surface area contributed by atoms with Gasteiger partial charge in [-0.15, -0.1) is 6.58 Å². The minimum atomic E-state index is -3.01. The molecule has 3 aromatic rings. The predicted molar refractivity (Wildman–Crippen MR) is 211 cm³/mol. The SMILES string of the molecule is C=CCN1CCC(c2cccc(OC(F)F)c2F)CC1.CCCN1CCC(c2cccc(OC(F)F)c2F)CC1.CCN1CCC(c2cccc(OC(F)F)c2F)CC1. The van der Waals surface area contributed by atoms with Crippen molar-refractivity contribution in [2.24, 2.45) is 0 Å². The Hall–Kier alpha value is -3.95. The van der Waals surface area contributed by atoms with E-state index in [0.717, 1.165) is 104 Å². The number of alkyl halides is 6. The van der Waals surface area contributed by atoms with Crippen LogP contribution in [0.25, 0.3) is 0 Å². The van der Waals surface area contributed by atoms with E-state index in [9.17, 15) is 39.5 Å². The van der Waals surface area contributed by atoms with Gasteiger partial charge in [-0.3, -0.25) is 4.90 Å². The fraction of sp³-hybridized carbons (Fsp3) is 0.545. The van der Waals surface area contributed by atoms with Crippen LogP contribution in [0, 0.1) is 17.5 Å². The van der Waals surface area contributed by atoms with E-state index in [0.29, 0.717) is 16.7 Å². The van der Waals surface area contributed by atoms with Gasteiger partial charge in [-0.1, -0.05) is 56.3 Å². The smallest absolute Gasteiger partial charge is 0.387 e. The maximum absolute atomic E-state index is 14.2. The second-order valence-corrected chi connectivity index (χ2v) is 14.8. The molecule has 0 saturated carbocycles. The molecule has 328 valence electrons. The van der Waals surface area contributed by atoms with Crippen molar-refractivity contribution in [3.8, 4) is 17.2 Å². The maximum Gasteiger partial charge on any atom is 0.387 e. The summed E-state index contributed by atoms with van der Waals surface area (Å²) in [7, 11) is 0. The predicted octanol–water partition coefficient (Wildman–Crippen LogP) is 11.4. The molecule has 0 N–H and O–H groups in total. The number of piperidine rings is 3. The fourth-order valence-electron chi connectivity index (χ4n) is 8.04. The Labute approximate surface area is 341 Å². The first-order valence-electron chi connectivity index (χ1n) is 20.3. The number of benzene rings is 3. The van der Waals surface area contributed by atoms with E-state index in [-0.39, 0.29) is 35.0 Å². The van der Waals surface area contributed by atoms with Crippen LogP contribution in [0.1, 0.15) is 93.2 Å².